The van der Waals surface area contributed by atoms with E-state index in [9.17, 15) is 14.4 Å². The van der Waals surface area contributed by atoms with Gasteiger partial charge in [-0.2, -0.15) is 0 Å². The summed E-state index contributed by atoms with van der Waals surface area (Å²) >= 11 is 0. The van der Waals surface area contributed by atoms with E-state index in [2.05, 4.69) is 69.4 Å². The molecule has 0 aromatic carbocycles. The number of ether oxygens (including phenoxy) is 3. The maximum Gasteiger partial charge on any atom is 0.306 e. The highest BCUT2D eigenvalue weighted by Crippen LogP contribution is 2.18. The lowest BCUT2D eigenvalue weighted by Gasteiger charge is -2.18. The number of allylic oxidation sites excluding steroid dienone is 8. The standard InChI is InChI=1S/C75H138O6/c1-4-7-10-13-16-19-22-25-28-31-34-36-37-38-39-40-42-44-47-50-53-56-59-62-65-68-74(77)80-71-72(70-79-73(76)67-64-61-58-55-52-49-46-43-33-30-27-24-21-18-15-12-9-6-3)81-75(78)69-66-63-60-57-54-51-48-45-41-35-32-29-26-23-20-17-14-11-8-5-2/h22,25,30-31,33-34,37-38,72H,4-21,23-24,26-29,32,35-36,39-71H2,1-3H3/b25-22-,33-30-,34-31-,38-37-. The van der Waals surface area contributed by atoms with Crippen molar-refractivity contribution >= 4 is 17.9 Å². The van der Waals surface area contributed by atoms with Crippen LogP contribution in [0.5, 0.6) is 0 Å². The van der Waals surface area contributed by atoms with Gasteiger partial charge in [-0.25, -0.2) is 0 Å². The van der Waals surface area contributed by atoms with Gasteiger partial charge < -0.3 is 14.2 Å². The molecular formula is C75H138O6. The van der Waals surface area contributed by atoms with E-state index >= 15 is 0 Å². The SMILES string of the molecule is CCCCCCC/C=C\C/C=C\C/C=C\CCCCCCCCCCCCC(=O)OCC(COC(=O)CCCCCCCCC/C=C\CCCCCCCCC)OC(=O)CCCCCCCCCCCCCCCCCCCCCC. The van der Waals surface area contributed by atoms with E-state index < -0.39 is 6.10 Å². The number of carbonyl (C=O) groups excluding carboxylic acids is 3. The minimum Gasteiger partial charge on any atom is -0.462 e. The molecule has 6 nitrogen and oxygen atoms in total. The molecule has 0 saturated heterocycles. The third kappa shape index (κ3) is 68.0. The minimum absolute atomic E-state index is 0.0721. The first-order valence-corrected chi connectivity index (χ1v) is 36.1. The number of unbranched alkanes of at least 4 members (excludes halogenated alkanes) is 48. The van der Waals surface area contributed by atoms with Crippen molar-refractivity contribution < 1.29 is 28.6 Å². The molecule has 81 heavy (non-hydrogen) atoms. The van der Waals surface area contributed by atoms with E-state index in [0.29, 0.717) is 19.3 Å². The van der Waals surface area contributed by atoms with Crippen molar-refractivity contribution in [1.29, 1.82) is 0 Å². The van der Waals surface area contributed by atoms with Crippen LogP contribution in [0.2, 0.25) is 0 Å². The summed E-state index contributed by atoms with van der Waals surface area (Å²) in [5, 5.41) is 0. The van der Waals surface area contributed by atoms with Gasteiger partial charge in [0, 0.05) is 19.3 Å². The first-order valence-electron chi connectivity index (χ1n) is 36.1. The summed E-state index contributed by atoms with van der Waals surface area (Å²) in [5.74, 6) is -0.851. The van der Waals surface area contributed by atoms with Crippen molar-refractivity contribution in [3.63, 3.8) is 0 Å². The van der Waals surface area contributed by atoms with Crippen LogP contribution in [-0.4, -0.2) is 37.2 Å². The van der Waals surface area contributed by atoms with E-state index in [-0.39, 0.29) is 31.1 Å². The highest BCUT2D eigenvalue weighted by Gasteiger charge is 2.19. The largest absolute Gasteiger partial charge is 0.462 e. The lowest BCUT2D eigenvalue weighted by molar-refractivity contribution is -0.167. The Hall–Kier alpha value is -2.63. The van der Waals surface area contributed by atoms with Crippen LogP contribution in [0.15, 0.2) is 48.6 Å². The minimum atomic E-state index is -0.776. The fourth-order valence-electron chi connectivity index (χ4n) is 10.9. The molecule has 0 aromatic rings. The molecule has 0 radical (unpaired) electrons. The molecule has 0 bridgehead atoms. The van der Waals surface area contributed by atoms with Crippen LogP contribution in [0.25, 0.3) is 0 Å². The summed E-state index contributed by atoms with van der Waals surface area (Å²) in [5.41, 5.74) is 0. The molecule has 0 saturated carbocycles. The Kier molecular flexibility index (Phi) is 67.6. The first-order chi connectivity index (χ1) is 40.0. The van der Waals surface area contributed by atoms with Gasteiger partial charge in [0.1, 0.15) is 13.2 Å². The summed E-state index contributed by atoms with van der Waals surface area (Å²) < 4.78 is 17.0. The predicted molar refractivity (Wildman–Crippen MR) is 353 cm³/mol. The quantitative estimate of drug-likeness (QED) is 0.0261. The number of esters is 3. The van der Waals surface area contributed by atoms with Crippen molar-refractivity contribution in [3.8, 4) is 0 Å². The third-order valence-corrected chi connectivity index (χ3v) is 16.3. The van der Waals surface area contributed by atoms with E-state index in [0.717, 1.165) is 70.6 Å². The summed E-state index contributed by atoms with van der Waals surface area (Å²) in [7, 11) is 0. The van der Waals surface area contributed by atoms with Crippen molar-refractivity contribution in [2.75, 3.05) is 13.2 Å². The molecule has 0 aliphatic heterocycles. The maximum atomic E-state index is 13.0. The fraction of sp³-hybridized carbons (Fsp3) is 0.853. The number of hydrogen-bond donors (Lipinski definition) is 0. The molecule has 6 heteroatoms. The number of rotatable bonds is 67. The lowest BCUT2D eigenvalue weighted by Crippen LogP contribution is -2.30. The van der Waals surface area contributed by atoms with E-state index in [1.165, 1.54) is 283 Å². The Morgan fingerprint density at radius 1 is 0.247 bits per heavy atom. The zero-order valence-corrected chi connectivity index (χ0v) is 54.6. The van der Waals surface area contributed by atoms with Gasteiger partial charge in [-0.15, -0.1) is 0 Å². The van der Waals surface area contributed by atoms with Crippen molar-refractivity contribution in [3.05, 3.63) is 48.6 Å². The zero-order chi connectivity index (χ0) is 58.5. The molecular weight excluding hydrogens is 997 g/mol. The summed E-state index contributed by atoms with van der Waals surface area (Å²) in [6, 6.07) is 0. The second-order valence-electron chi connectivity index (χ2n) is 24.5. The van der Waals surface area contributed by atoms with Crippen molar-refractivity contribution in [1.82, 2.24) is 0 Å². The van der Waals surface area contributed by atoms with E-state index in [1.54, 1.807) is 0 Å². The van der Waals surface area contributed by atoms with Crippen LogP contribution in [-0.2, 0) is 28.6 Å². The average Bonchev–Trinajstić information content (AvgIpc) is 3.47. The van der Waals surface area contributed by atoms with Gasteiger partial charge in [0.25, 0.3) is 0 Å². The van der Waals surface area contributed by atoms with Crippen molar-refractivity contribution in [2.45, 2.75) is 399 Å². The number of hydrogen-bond acceptors (Lipinski definition) is 6. The van der Waals surface area contributed by atoms with Crippen LogP contribution in [0.1, 0.15) is 393 Å². The molecule has 0 rings (SSSR count). The van der Waals surface area contributed by atoms with E-state index in [1.807, 2.05) is 0 Å². The molecule has 0 aliphatic rings. The van der Waals surface area contributed by atoms with Gasteiger partial charge in [-0.1, -0.05) is 339 Å². The molecule has 0 aliphatic carbocycles. The molecule has 1 unspecified atom stereocenters. The molecule has 0 N–H and O–H groups in total. The molecule has 474 valence electrons. The van der Waals surface area contributed by atoms with Gasteiger partial charge in [-0.3, -0.25) is 14.4 Å². The van der Waals surface area contributed by atoms with Crippen LogP contribution in [0, 0.1) is 0 Å². The van der Waals surface area contributed by atoms with E-state index in [4.69, 9.17) is 14.2 Å². The average molecular weight is 1140 g/mol. The Morgan fingerprint density at radius 3 is 0.704 bits per heavy atom. The van der Waals surface area contributed by atoms with Crippen LogP contribution in [0.4, 0.5) is 0 Å². The lowest BCUT2D eigenvalue weighted by atomic mass is 10.0. The van der Waals surface area contributed by atoms with Gasteiger partial charge in [-0.05, 0) is 83.5 Å². The molecule has 0 amide bonds. The summed E-state index contributed by atoms with van der Waals surface area (Å²) in [4.78, 5) is 38.5. The van der Waals surface area contributed by atoms with Gasteiger partial charge in [0.05, 0.1) is 0 Å². The molecule has 1 atom stereocenters. The second-order valence-corrected chi connectivity index (χ2v) is 24.5. The normalized spacial score (nSPS) is 12.3. The highest BCUT2D eigenvalue weighted by molar-refractivity contribution is 5.71. The monoisotopic (exact) mass is 1140 g/mol. The molecule has 0 fully saturated rings. The Labute approximate surface area is 505 Å². The predicted octanol–water partition coefficient (Wildman–Crippen LogP) is 24.9. The zero-order valence-electron chi connectivity index (χ0n) is 54.6. The first kappa shape index (κ1) is 78.4. The highest BCUT2D eigenvalue weighted by atomic mass is 16.6. The second kappa shape index (κ2) is 69.9. The van der Waals surface area contributed by atoms with Crippen LogP contribution in [0.3, 0.4) is 0 Å². The topological polar surface area (TPSA) is 78.9 Å². The Balaban J connectivity index is 4.32. The fourth-order valence-corrected chi connectivity index (χ4v) is 10.9. The Morgan fingerprint density at radius 2 is 0.444 bits per heavy atom. The smallest absolute Gasteiger partial charge is 0.306 e. The molecule has 0 heterocycles. The summed E-state index contributed by atoms with van der Waals surface area (Å²) in [6.07, 6.45) is 88.5. The van der Waals surface area contributed by atoms with Crippen molar-refractivity contribution in [2.24, 2.45) is 0 Å². The van der Waals surface area contributed by atoms with Crippen LogP contribution >= 0.6 is 0 Å². The van der Waals surface area contributed by atoms with Gasteiger partial charge in [0.15, 0.2) is 6.10 Å². The summed E-state index contributed by atoms with van der Waals surface area (Å²) in [6.45, 7) is 6.70. The maximum absolute atomic E-state index is 13.0. The number of carbonyl (C=O) groups is 3. The molecule has 0 aromatic heterocycles. The van der Waals surface area contributed by atoms with Gasteiger partial charge in [0.2, 0.25) is 0 Å². The molecule has 0 spiro atoms. The van der Waals surface area contributed by atoms with Gasteiger partial charge >= 0.3 is 17.9 Å². The third-order valence-electron chi connectivity index (χ3n) is 16.3. The van der Waals surface area contributed by atoms with Crippen LogP contribution < -0.4 is 0 Å². The Bertz CT molecular complexity index is 1400.